The molecule has 0 bridgehead atoms. The maximum absolute atomic E-state index is 5.84. The van der Waals surface area contributed by atoms with Gasteiger partial charge >= 0.3 is 0 Å². The molecule has 2 nitrogen and oxygen atoms in total. The van der Waals surface area contributed by atoms with Crippen LogP contribution in [-0.4, -0.2) is 19.6 Å². The van der Waals surface area contributed by atoms with Gasteiger partial charge in [-0.05, 0) is 36.4 Å². The van der Waals surface area contributed by atoms with Crippen LogP contribution in [0.1, 0.15) is 20.3 Å². The summed E-state index contributed by atoms with van der Waals surface area (Å²) in [5, 5.41) is 0. The van der Waals surface area contributed by atoms with Gasteiger partial charge in [-0.3, -0.25) is 0 Å². The van der Waals surface area contributed by atoms with Gasteiger partial charge in [-0.1, -0.05) is 32.0 Å². The molecule has 0 amide bonds. The van der Waals surface area contributed by atoms with Gasteiger partial charge in [-0.25, -0.2) is 0 Å². The molecule has 1 atom stereocenters. The van der Waals surface area contributed by atoms with Crippen LogP contribution < -0.4 is 10.6 Å². The first-order valence-corrected chi connectivity index (χ1v) is 6.13. The lowest BCUT2D eigenvalue weighted by Gasteiger charge is -2.45. The first kappa shape index (κ1) is 11.5. The molecule has 2 heteroatoms. The standard InChI is InChI=1S/C14H22N2/c1-14(2)11-16(9-8-12(14)10-15)13-6-4-3-5-7-13/h3-7,12H,8-11,15H2,1-2H3. The van der Waals surface area contributed by atoms with Gasteiger partial charge in [0.05, 0.1) is 0 Å². The Hall–Kier alpha value is -1.02. The van der Waals surface area contributed by atoms with Crippen molar-refractivity contribution >= 4 is 5.69 Å². The van der Waals surface area contributed by atoms with Crippen LogP contribution in [0.5, 0.6) is 0 Å². The number of hydrogen-bond acceptors (Lipinski definition) is 2. The van der Waals surface area contributed by atoms with E-state index in [2.05, 4.69) is 49.1 Å². The van der Waals surface area contributed by atoms with Crippen LogP contribution in [-0.2, 0) is 0 Å². The number of piperidine rings is 1. The minimum atomic E-state index is 0.322. The van der Waals surface area contributed by atoms with Crippen molar-refractivity contribution in [3.05, 3.63) is 30.3 Å². The molecule has 1 aliphatic rings. The molecule has 0 aromatic heterocycles. The van der Waals surface area contributed by atoms with Crippen LogP contribution in [0.25, 0.3) is 0 Å². The Kier molecular flexibility index (Phi) is 3.20. The van der Waals surface area contributed by atoms with E-state index in [1.54, 1.807) is 0 Å². The van der Waals surface area contributed by atoms with E-state index in [1.807, 2.05) is 0 Å². The van der Waals surface area contributed by atoms with Gasteiger partial charge in [0.25, 0.3) is 0 Å². The van der Waals surface area contributed by atoms with E-state index in [9.17, 15) is 0 Å². The molecule has 0 aliphatic carbocycles. The van der Waals surface area contributed by atoms with E-state index in [0.717, 1.165) is 19.6 Å². The van der Waals surface area contributed by atoms with E-state index in [0.29, 0.717) is 11.3 Å². The third-order valence-electron chi connectivity index (χ3n) is 3.86. The highest BCUT2D eigenvalue weighted by atomic mass is 15.1. The highest BCUT2D eigenvalue weighted by Gasteiger charge is 2.34. The number of nitrogens with zero attached hydrogens (tertiary/aromatic N) is 1. The number of nitrogens with two attached hydrogens (primary N) is 1. The molecule has 0 radical (unpaired) electrons. The Morgan fingerprint density at radius 2 is 2.00 bits per heavy atom. The maximum atomic E-state index is 5.84. The number of anilines is 1. The molecule has 1 aromatic carbocycles. The summed E-state index contributed by atoms with van der Waals surface area (Å²) < 4.78 is 0. The lowest BCUT2D eigenvalue weighted by atomic mass is 9.74. The number of rotatable bonds is 2. The molecular formula is C14H22N2. The fourth-order valence-electron chi connectivity index (χ4n) is 2.70. The van der Waals surface area contributed by atoms with Gasteiger partial charge in [0.2, 0.25) is 0 Å². The van der Waals surface area contributed by atoms with Crippen molar-refractivity contribution in [2.75, 3.05) is 24.5 Å². The van der Waals surface area contributed by atoms with Crippen LogP contribution in [0.15, 0.2) is 30.3 Å². The quantitative estimate of drug-likeness (QED) is 0.826. The summed E-state index contributed by atoms with van der Waals surface area (Å²) in [7, 11) is 0. The lowest BCUT2D eigenvalue weighted by Crippen LogP contribution is -2.48. The molecule has 88 valence electrons. The monoisotopic (exact) mass is 218 g/mol. The summed E-state index contributed by atoms with van der Waals surface area (Å²) in [4.78, 5) is 2.48. The normalized spacial score (nSPS) is 24.4. The highest BCUT2D eigenvalue weighted by molar-refractivity contribution is 5.46. The van der Waals surface area contributed by atoms with Crippen LogP contribution >= 0.6 is 0 Å². The summed E-state index contributed by atoms with van der Waals surface area (Å²) in [6.45, 7) is 7.73. The smallest absolute Gasteiger partial charge is 0.0366 e. The van der Waals surface area contributed by atoms with Crippen LogP contribution in [0.2, 0.25) is 0 Å². The fraction of sp³-hybridized carbons (Fsp3) is 0.571. The van der Waals surface area contributed by atoms with Crippen molar-refractivity contribution in [1.82, 2.24) is 0 Å². The molecule has 2 rings (SSSR count). The second-order valence-corrected chi connectivity index (χ2v) is 5.47. The summed E-state index contributed by atoms with van der Waals surface area (Å²) in [6, 6.07) is 10.7. The second-order valence-electron chi connectivity index (χ2n) is 5.47. The summed E-state index contributed by atoms with van der Waals surface area (Å²) in [5.41, 5.74) is 7.51. The Morgan fingerprint density at radius 1 is 1.31 bits per heavy atom. The predicted octanol–water partition coefficient (Wildman–Crippen LogP) is 2.50. The number of para-hydroxylation sites is 1. The van der Waals surface area contributed by atoms with Crippen molar-refractivity contribution in [1.29, 1.82) is 0 Å². The number of hydrogen-bond donors (Lipinski definition) is 1. The Bertz CT molecular complexity index is 332. The first-order chi connectivity index (χ1) is 7.63. The predicted molar refractivity (Wildman–Crippen MR) is 69.6 cm³/mol. The second kappa shape index (κ2) is 4.46. The van der Waals surface area contributed by atoms with Crippen LogP contribution in [0, 0.1) is 11.3 Å². The third kappa shape index (κ3) is 2.22. The van der Waals surface area contributed by atoms with Gasteiger partial charge in [-0.15, -0.1) is 0 Å². The summed E-state index contributed by atoms with van der Waals surface area (Å²) >= 11 is 0. The van der Waals surface area contributed by atoms with Crippen molar-refractivity contribution in [2.45, 2.75) is 20.3 Å². The summed E-state index contributed by atoms with van der Waals surface area (Å²) in [5.74, 6) is 0.660. The molecule has 2 N–H and O–H groups in total. The number of benzene rings is 1. The molecule has 1 unspecified atom stereocenters. The van der Waals surface area contributed by atoms with E-state index < -0.39 is 0 Å². The van der Waals surface area contributed by atoms with E-state index in [4.69, 9.17) is 5.73 Å². The van der Waals surface area contributed by atoms with Crippen LogP contribution in [0.3, 0.4) is 0 Å². The lowest BCUT2D eigenvalue weighted by molar-refractivity contribution is 0.182. The minimum absolute atomic E-state index is 0.322. The largest absolute Gasteiger partial charge is 0.371 e. The van der Waals surface area contributed by atoms with E-state index >= 15 is 0 Å². The Morgan fingerprint density at radius 3 is 2.56 bits per heavy atom. The van der Waals surface area contributed by atoms with E-state index in [-0.39, 0.29) is 0 Å². The highest BCUT2D eigenvalue weighted by Crippen LogP contribution is 2.35. The molecular weight excluding hydrogens is 196 g/mol. The zero-order chi connectivity index (χ0) is 11.6. The van der Waals surface area contributed by atoms with Gasteiger partial charge in [0, 0.05) is 18.8 Å². The van der Waals surface area contributed by atoms with Gasteiger partial charge in [0.1, 0.15) is 0 Å². The molecule has 1 fully saturated rings. The maximum Gasteiger partial charge on any atom is 0.0366 e. The van der Waals surface area contributed by atoms with Crippen molar-refractivity contribution < 1.29 is 0 Å². The van der Waals surface area contributed by atoms with Crippen molar-refractivity contribution in [3.8, 4) is 0 Å². The molecule has 16 heavy (non-hydrogen) atoms. The van der Waals surface area contributed by atoms with Crippen molar-refractivity contribution in [2.24, 2.45) is 17.1 Å². The molecule has 0 saturated carbocycles. The average molecular weight is 218 g/mol. The van der Waals surface area contributed by atoms with Crippen LogP contribution in [0.4, 0.5) is 5.69 Å². The topological polar surface area (TPSA) is 29.3 Å². The minimum Gasteiger partial charge on any atom is -0.371 e. The molecule has 0 spiro atoms. The SMILES string of the molecule is CC1(C)CN(c2ccccc2)CCC1CN. The summed E-state index contributed by atoms with van der Waals surface area (Å²) in [6.07, 6.45) is 1.21. The van der Waals surface area contributed by atoms with Gasteiger partial charge in [-0.2, -0.15) is 0 Å². The average Bonchev–Trinajstić information content (AvgIpc) is 2.29. The molecule has 1 heterocycles. The van der Waals surface area contributed by atoms with Gasteiger partial charge < -0.3 is 10.6 Å². The fourth-order valence-corrected chi connectivity index (χ4v) is 2.70. The third-order valence-corrected chi connectivity index (χ3v) is 3.86. The molecule has 1 saturated heterocycles. The Balaban J connectivity index is 2.11. The van der Waals surface area contributed by atoms with Crippen molar-refractivity contribution in [3.63, 3.8) is 0 Å². The molecule has 1 aliphatic heterocycles. The van der Waals surface area contributed by atoms with Gasteiger partial charge in [0.15, 0.2) is 0 Å². The zero-order valence-electron chi connectivity index (χ0n) is 10.3. The molecule has 1 aromatic rings. The Labute approximate surface area is 98.4 Å². The first-order valence-electron chi connectivity index (χ1n) is 6.13. The zero-order valence-corrected chi connectivity index (χ0v) is 10.3. The van der Waals surface area contributed by atoms with E-state index in [1.165, 1.54) is 12.1 Å².